The highest BCUT2D eigenvalue weighted by Crippen LogP contribution is 2.39. The highest BCUT2D eigenvalue weighted by atomic mass is 35.5. The number of carbonyl (C=O) groups excluding carboxylic acids is 1. The van der Waals surface area contributed by atoms with Crippen molar-refractivity contribution in [3.8, 4) is 11.5 Å². The Morgan fingerprint density at radius 3 is 2.79 bits per heavy atom. The number of ether oxygens (including phenoxy) is 3. The number of aromatic nitrogens is 3. The number of hydrogen-bond acceptors (Lipinski definition) is 9. The van der Waals surface area contributed by atoms with Crippen LogP contribution in [0, 0.1) is 6.92 Å². The zero-order valence-electron chi connectivity index (χ0n) is 15.3. The molecule has 2 aromatic carbocycles. The molecule has 9 nitrogen and oxygen atoms in total. The first-order chi connectivity index (χ1) is 14.0. The van der Waals surface area contributed by atoms with Gasteiger partial charge in [-0.3, -0.25) is 0 Å². The van der Waals surface area contributed by atoms with E-state index >= 15 is 0 Å². The summed E-state index contributed by atoms with van der Waals surface area (Å²) in [4.78, 5) is 24.6. The molecule has 148 valence electrons. The van der Waals surface area contributed by atoms with Crippen molar-refractivity contribution in [1.29, 1.82) is 0 Å². The lowest BCUT2D eigenvalue weighted by atomic mass is 10.2. The van der Waals surface area contributed by atoms with Crippen molar-refractivity contribution in [2.75, 3.05) is 17.8 Å². The maximum Gasteiger partial charge on any atom is 0.338 e. The summed E-state index contributed by atoms with van der Waals surface area (Å²) >= 11 is 6.09. The quantitative estimate of drug-likeness (QED) is 0.607. The molecule has 0 saturated heterocycles. The minimum Gasteiger partial charge on any atom is -0.454 e. The number of nitrogens with two attached hydrogens (primary N) is 1. The lowest BCUT2D eigenvalue weighted by Gasteiger charge is -2.09. The standard InChI is InChI=1S/C19H16ClN5O4/c1-10-2-4-12(5-3-10)22-19-24-15(23-18(21)25-19)8-27-17(26)11-6-13(20)16-14(7-11)28-9-29-16/h2-7H,8-9H2,1H3,(H3,21,22,23,24,25). The van der Waals surface area contributed by atoms with E-state index in [1.807, 2.05) is 31.2 Å². The largest absolute Gasteiger partial charge is 0.454 e. The summed E-state index contributed by atoms with van der Waals surface area (Å²) in [5.74, 6) is 0.633. The van der Waals surface area contributed by atoms with Crippen LogP contribution in [-0.4, -0.2) is 27.7 Å². The molecule has 3 aromatic rings. The monoisotopic (exact) mass is 413 g/mol. The van der Waals surface area contributed by atoms with Crippen LogP contribution in [0.2, 0.25) is 5.02 Å². The van der Waals surface area contributed by atoms with Gasteiger partial charge in [-0.15, -0.1) is 0 Å². The predicted octanol–water partition coefficient (Wildman–Crippen LogP) is 3.24. The van der Waals surface area contributed by atoms with Crippen LogP contribution in [0.3, 0.4) is 0 Å². The number of aryl methyl sites for hydroxylation is 1. The maximum absolute atomic E-state index is 12.4. The van der Waals surface area contributed by atoms with E-state index in [9.17, 15) is 4.79 Å². The minimum atomic E-state index is -0.614. The van der Waals surface area contributed by atoms with Crippen LogP contribution in [0.5, 0.6) is 11.5 Å². The molecule has 3 N–H and O–H groups in total. The number of rotatable bonds is 5. The summed E-state index contributed by atoms with van der Waals surface area (Å²) in [5, 5.41) is 3.30. The minimum absolute atomic E-state index is 0.00628. The Labute approximate surface area is 170 Å². The lowest BCUT2D eigenvalue weighted by molar-refractivity contribution is 0.0462. The van der Waals surface area contributed by atoms with Gasteiger partial charge in [-0.1, -0.05) is 29.3 Å². The van der Waals surface area contributed by atoms with Gasteiger partial charge in [0.1, 0.15) is 0 Å². The highest BCUT2D eigenvalue weighted by Gasteiger charge is 2.21. The molecule has 0 unspecified atom stereocenters. The first-order valence-corrected chi connectivity index (χ1v) is 8.96. The van der Waals surface area contributed by atoms with Crippen LogP contribution < -0.4 is 20.5 Å². The molecular formula is C19H16ClN5O4. The van der Waals surface area contributed by atoms with Crippen molar-refractivity contribution < 1.29 is 19.0 Å². The smallest absolute Gasteiger partial charge is 0.338 e. The van der Waals surface area contributed by atoms with Gasteiger partial charge in [-0.25, -0.2) is 4.79 Å². The Hall–Kier alpha value is -3.59. The van der Waals surface area contributed by atoms with Crippen molar-refractivity contribution >= 4 is 35.2 Å². The molecule has 2 heterocycles. The van der Waals surface area contributed by atoms with Crippen LogP contribution in [0.4, 0.5) is 17.6 Å². The molecule has 0 spiro atoms. The molecular weight excluding hydrogens is 398 g/mol. The van der Waals surface area contributed by atoms with Gasteiger partial charge >= 0.3 is 5.97 Å². The Morgan fingerprint density at radius 2 is 2.00 bits per heavy atom. The van der Waals surface area contributed by atoms with E-state index in [4.69, 9.17) is 31.5 Å². The fourth-order valence-electron chi connectivity index (χ4n) is 2.62. The molecule has 1 aliphatic heterocycles. The van der Waals surface area contributed by atoms with Crippen molar-refractivity contribution in [2.45, 2.75) is 13.5 Å². The third kappa shape index (κ3) is 4.30. The van der Waals surface area contributed by atoms with Gasteiger partial charge in [0, 0.05) is 5.69 Å². The average molecular weight is 414 g/mol. The third-order valence-corrected chi connectivity index (χ3v) is 4.28. The summed E-state index contributed by atoms with van der Waals surface area (Å²) in [7, 11) is 0. The van der Waals surface area contributed by atoms with Crippen molar-refractivity contribution in [1.82, 2.24) is 15.0 Å². The number of fused-ring (bicyclic) bond motifs is 1. The van der Waals surface area contributed by atoms with Crippen molar-refractivity contribution in [3.05, 3.63) is 58.4 Å². The van der Waals surface area contributed by atoms with Crippen molar-refractivity contribution in [3.63, 3.8) is 0 Å². The predicted molar refractivity (Wildman–Crippen MR) is 105 cm³/mol. The number of nitrogens with one attached hydrogen (secondary N) is 1. The van der Waals surface area contributed by atoms with Crippen LogP contribution in [0.25, 0.3) is 0 Å². The molecule has 0 saturated carbocycles. The zero-order chi connectivity index (χ0) is 20.4. The molecule has 1 aliphatic rings. The van der Waals surface area contributed by atoms with Crippen LogP contribution in [0.1, 0.15) is 21.7 Å². The van der Waals surface area contributed by atoms with Crippen LogP contribution in [-0.2, 0) is 11.3 Å². The number of esters is 1. The van der Waals surface area contributed by atoms with Gasteiger partial charge in [0.25, 0.3) is 0 Å². The number of benzene rings is 2. The summed E-state index contributed by atoms with van der Waals surface area (Å²) in [6.07, 6.45) is 0. The van der Waals surface area contributed by atoms with Gasteiger partial charge in [-0.2, -0.15) is 15.0 Å². The summed E-state index contributed by atoms with van der Waals surface area (Å²) in [6.45, 7) is 1.85. The van der Waals surface area contributed by atoms with E-state index in [1.165, 1.54) is 12.1 Å². The molecule has 4 rings (SSSR count). The second-order valence-corrected chi connectivity index (χ2v) is 6.60. The average Bonchev–Trinajstić information content (AvgIpc) is 3.17. The van der Waals surface area contributed by atoms with Gasteiger partial charge in [0.2, 0.25) is 18.7 Å². The molecule has 1 aromatic heterocycles. The number of carbonyl (C=O) groups is 1. The zero-order valence-corrected chi connectivity index (χ0v) is 16.1. The van der Waals surface area contributed by atoms with Gasteiger partial charge in [0.05, 0.1) is 10.6 Å². The van der Waals surface area contributed by atoms with E-state index in [1.54, 1.807) is 0 Å². The van der Waals surface area contributed by atoms with E-state index in [0.29, 0.717) is 11.5 Å². The Balaban J connectivity index is 1.45. The SMILES string of the molecule is Cc1ccc(Nc2nc(N)nc(COC(=O)c3cc(Cl)c4c(c3)OCO4)n2)cc1. The summed E-state index contributed by atoms with van der Waals surface area (Å²) < 4.78 is 15.8. The molecule has 0 aliphatic carbocycles. The number of nitrogen functional groups attached to an aromatic ring is 1. The fourth-order valence-corrected chi connectivity index (χ4v) is 2.89. The van der Waals surface area contributed by atoms with Gasteiger partial charge in [-0.05, 0) is 31.2 Å². The van der Waals surface area contributed by atoms with E-state index in [0.717, 1.165) is 11.3 Å². The van der Waals surface area contributed by atoms with Crippen LogP contribution >= 0.6 is 11.6 Å². The van der Waals surface area contributed by atoms with Crippen LogP contribution in [0.15, 0.2) is 36.4 Å². The molecule has 29 heavy (non-hydrogen) atoms. The normalized spacial score (nSPS) is 11.9. The fraction of sp³-hybridized carbons (Fsp3) is 0.158. The Bertz CT molecular complexity index is 1070. The first-order valence-electron chi connectivity index (χ1n) is 8.58. The molecule has 0 radical (unpaired) electrons. The maximum atomic E-state index is 12.4. The van der Waals surface area contributed by atoms with Gasteiger partial charge in [0.15, 0.2) is 23.9 Å². The van der Waals surface area contributed by atoms with E-state index in [2.05, 4.69) is 20.3 Å². The summed E-state index contributed by atoms with van der Waals surface area (Å²) in [6, 6.07) is 10.6. The third-order valence-electron chi connectivity index (χ3n) is 4.00. The molecule has 0 atom stereocenters. The number of halogens is 1. The number of hydrogen-bond donors (Lipinski definition) is 2. The molecule has 0 bridgehead atoms. The van der Waals surface area contributed by atoms with Gasteiger partial charge < -0.3 is 25.3 Å². The number of nitrogens with zero attached hydrogens (tertiary/aromatic N) is 3. The number of anilines is 3. The van der Waals surface area contributed by atoms with E-state index < -0.39 is 5.97 Å². The molecule has 10 heteroatoms. The lowest BCUT2D eigenvalue weighted by Crippen LogP contribution is -2.11. The summed E-state index contributed by atoms with van der Waals surface area (Å²) in [5.41, 5.74) is 7.88. The van der Waals surface area contributed by atoms with Crippen molar-refractivity contribution in [2.24, 2.45) is 0 Å². The highest BCUT2D eigenvalue weighted by molar-refractivity contribution is 6.32. The first kappa shape index (κ1) is 18.8. The molecule has 0 amide bonds. The second-order valence-electron chi connectivity index (χ2n) is 6.19. The Morgan fingerprint density at radius 1 is 1.21 bits per heavy atom. The molecule has 0 fully saturated rings. The topological polar surface area (TPSA) is 121 Å². The second kappa shape index (κ2) is 7.80. The Kier molecular flexibility index (Phi) is 5.05. The van der Waals surface area contributed by atoms with E-state index in [-0.39, 0.29) is 41.7 Å².